The van der Waals surface area contributed by atoms with Crippen LogP contribution in [-0.4, -0.2) is 34.7 Å². The maximum Gasteiger partial charge on any atom is 0.410 e. The first-order chi connectivity index (χ1) is 10.2. The number of carbonyl (C=O) groups is 1. The number of likely N-dealkylation sites (tertiary alicyclic amines) is 1. The Balaban J connectivity index is 1.84. The smallest absolute Gasteiger partial charge is 0.410 e. The molecule has 2 rings (SSSR count). The van der Waals surface area contributed by atoms with Crippen molar-refractivity contribution in [3.8, 4) is 0 Å². The van der Waals surface area contributed by atoms with E-state index >= 15 is 0 Å². The first kappa shape index (κ1) is 17.0. The predicted octanol–water partition coefficient (Wildman–Crippen LogP) is 4.06. The minimum Gasteiger partial charge on any atom is -0.444 e. The summed E-state index contributed by atoms with van der Waals surface area (Å²) in [5.74, 6) is -0.0714. The van der Waals surface area contributed by atoms with Crippen LogP contribution in [0.5, 0.6) is 0 Å². The molecule has 1 saturated heterocycles. The molecule has 1 amide bonds. The van der Waals surface area contributed by atoms with Crippen molar-refractivity contribution in [1.29, 1.82) is 0 Å². The van der Waals surface area contributed by atoms with Crippen LogP contribution in [0.1, 0.15) is 39.3 Å². The second kappa shape index (κ2) is 6.82. The lowest BCUT2D eigenvalue weighted by Crippen LogP contribution is -2.42. The van der Waals surface area contributed by atoms with Crippen molar-refractivity contribution >= 4 is 17.7 Å². The molecule has 4 nitrogen and oxygen atoms in total. The lowest BCUT2D eigenvalue weighted by Gasteiger charge is -2.33. The second-order valence-electron chi connectivity index (χ2n) is 6.69. The fourth-order valence-corrected chi connectivity index (χ4v) is 2.68. The van der Waals surface area contributed by atoms with Crippen LogP contribution in [0.25, 0.3) is 0 Å². The highest BCUT2D eigenvalue weighted by Crippen LogP contribution is 2.23. The molecule has 0 N–H and O–H groups in total. The normalized spacial score (nSPS) is 16.7. The Labute approximate surface area is 135 Å². The van der Waals surface area contributed by atoms with Crippen molar-refractivity contribution in [2.75, 3.05) is 13.1 Å². The zero-order valence-corrected chi connectivity index (χ0v) is 14.0. The molecule has 1 aliphatic heterocycles. The molecule has 1 fully saturated rings. The Morgan fingerprint density at radius 3 is 2.59 bits per heavy atom. The lowest BCUT2D eigenvalue weighted by atomic mass is 9.92. The van der Waals surface area contributed by atoms with Crippen LogP contribution in [-0.2, 0) is 11.2 Å². The summed E-state index contributed by atoms with van der Waals surface area (Å²) in [6.07, 6.45) is 2.27. The lowest BCUT2D eigenvalue weighted by molar-refractivity contribution is 0.0184. The molecular weight excluding hydrogens is 307 g/mol. The van der Waals surface area contributed by atoms with E-state index in [-0.39, 0.29) is 11.2 Å². The number of rotatable bonds is 2. The maximum atomic E-state index is 13.1. The van der Waals surface area contributed by atoms with Crippen molar-refractivity contribution in [3.63, 3.8) is 0 Å². The maximum absolute atomic E-state index is 13.1. The van der Waals surface area contributed by atoms with Crippen LogP contribution in [0.15, 0.2) is 12.1 Å². The number of hydrogen-bond donors (Lipinski definition) is 0. The van der Waals surface area contributed by atoms with Crippen LogP contribution in [0.2, 0.25) is 5.15 Å². The summed E-state index contributed by atoms with van der Waals surface area (Å²) in [5.41, 5.74) is 0.324. The van der Waals surface area contributed by atoms with Gasteiger partial charge < -0.3 is 9.64 Å². The number of amides is 1. The first-order valence-corrected chi connectivity index (χ1v) is 7.91. The van der Waals surface area contributed by atoms with Crippen molar-refractivity contribution in [2.24, 2.45) is 5.92 Å². The van der Waals surface area contributed by atoms with Crippen molar-refractivity contribution < 1.29 is 13.9 Å². The Morgan fingerprint density at radius 2 is 2.05 bits per heavy atom. The van der Waals surface area contributed by atoms with Crippen molar-refractivity contribution in [3.05, 3.63) is 28.8 Å². The van der Waals surface area contributed by atoms with Crippen LogP contribution in [0.4, 0.5) is 9.18 Å². The van der Waals surface area contributed by atoms with Gasteiger partial charge in [0.15, 0.2) is 11.0 Å². The number of halogens is 2. The molecule has 0 spiro atoms. The minimum absolute atomic E-state index is 0.0799. The highest BCUT2D eigenvalue weighted by molar-refractivity contribution is 6.29. The molecule has 0 aliphatic carbocycles. The zero-order valence-electron chi connectivity index (χ0n) is 13.2. The number of carbonyl (C=O) groups excluding carboxylic acids is 1. The number of pyridine rings is 1. The summed E-state index contributed by atoms with van der Waals surface area (Å²) in [6.45, 7) is 6.94. The van der Waals surface area contributed by atoms with E-state index in [1.807, 2.05) is 20.8 Å². The molecule has 0 saturated carbocycles. The minimum atomic E-state index is -0.495. The summed E-state index contributed by atoms with van der Waals surface area (Å²) in [4.78, 5) is 17.8. The van der Waals surface area contributed by atoms with Crippen LogP contribution < -0.4 is 0 Å². The van der Waals surface area contributed by atoms with Gasteiger partial charge >= 0.3 is 6.09 Å². The number of piperidine rings is 1. The molecule has 0 atom stereocenters. The molecule has 1 aromatic rings. The predicted molar refractivity (Wildman–Crippen MR) is 83.4 cm³/mol. The second-order valence-corrected chi connectivity index (χ2v) is 7.05. The average molecular weight is 329 g/mol. The highest BCUT2D eigenvalue weighted by Gasteiger charge is 2.27. The molecule has 1 aromatic heterocycles. The topological polar surface area (TPSA) is 42.4 Å². The number of hydrogen-bond acceptors (Lipinski definition) is 3. The van der Waals surface area contributed by atoms with Gasteiger partial charge in [0.1, 0.15) is 5.60 Å². The van der Waals surface area contributed by atoms with E-state index in [1.54, 1.807) is 11.0 Å². The Bertz CT molecular complexity index is 537. The molecule has 22 heavy (non-hydrogen) atoms. The summed E-state index contributed by atoms with van der Waals surface area (Å²) in [5, 5.41) is -0.0799. The molecule has 0 aromatic carbocycles. The van der Waals surface area contributed by atoms with Gasteiger partial charge in [-0.3, -0.25) is 0 Å². The standard InChI is InChI=1S/C16H22ClFN2O2/c1-16(2,3)22-15(21)20-8-6-11(7-9-20)10-12-4-5-13(18)14(17)19-12/h4-5,11H,6-10H2,1-3H3. The van der Waals surface area contributed by atoms with Crippen LogP contribution >= 0.6 is 11.6 Å². The Morgan fingerprint density at radius 1 is 1.41 bits per heavy atom. The van der Waals surface area contributed by atoms with Crippen LogP contribution in [0, 0.1) is 11.7 Å². The third-order valence-corrected chi connectivity index (χ3v) is 3.89. The van der Waals surface area contributed by atoms with E-state index in [9.17, 15) is 9.18 Å². The van der Waals surface area contributed by atoms with Gasteiger partial charge in [0.2, 0.25) is 0 Å². The molecule has 6 heteroatoms. The SMILES string of the molecule is CC(C)(C)OC(=O)N1CCC(Cc2ccc(F)c(Cl)n2)CC1. The molecule has 0 bridgehead atoms. The largest absolute Gasteiger partial charge is 0.444 e. The quantitative estimate of drug-likeness (QED) is 0.769. The fourth-order valence-electron chi connectivity index (χ4n) is 2.51. The van der Waals surface area contributed by atoms with E-state index < -0.39 is 11.4 Å². The molecule has 1 aliphatic rings. The Kier molecular flexibility index (Phi) is 5.27. The molecular formula is C16H22ClFN2O2. The zero-order chi connectivity index (χ0) is 16.3. The van der Waals surface area contributed by atoms with Gasteiger partial charge in [-0.25, -0.2) is 14.2 Å². The summed E-state index contributed by atoms with van der Waals surface area (Å²) < 4.78 is 18.5. The molecule has 0 radical (unpaired) electrons. The third kappa shape index (κ3) is 4.83. The number of aromatic nitrogens is 1. The number of ether oxygens (including phenoxy) is 1. The number of nitrogens with zero attached hydrogens (tertiary/aromatic N) is 2. The van der Waals surface area contributed by atoms with E-state index in [4.69, 9.17) is 16.3 Å². The van der Waals surface area contributed by atoms with E-state index in [0.29, 0.717) is 19.0 Å². The Hall–Kier alpha value is -1.36. The third-order valence-electron chi connectivity index (χ3n) is 3.62. The average Bonchev–Trinajstić information content (AvgIpc) is 2.42. The highest BCUT2D eigenvalue weighted by atomic mass is 35.5. The summed E-state index contributed by atoms with van der Waals surface area (Å²) >= 11 is 5.70. The van der Waals surface area contributed by atoms with Gasteiger partial charge in [-0.05, 0) is 58.1 Å². The van der Waals surface area contributed by atoms with Gasteiger partial charge in [-0.15, -0.1) is 0 Å². The van der Waals surface area contributed by atoms with Gasteiger partial charge in [0.25, 0.3) is 0 Å². The van der Waals surface area contributed by atoms with Crippen molar-refractivity contribution in [2.45, 2.75) is 45.6 Å². The van der Waals surface area contributed by atoms with E-state index in [2.05, 4.69) is 4.98 Å². The van der Waals surface area contributed by atoms with Gasteiger partial charge in [0, 0.05) is 18.8 Å². The fraction of sp³-hybridized carbons (Fsp3) is 0.625. The van der Waals surface area contributed by atoms with Gasteiger partial charge in [-0.2, -0.15) is 0 Å². The monoisotopic (exact) mass is 328 g/mol. The molecule has 2 heterocycles. The summed E-state index contributed by atoms with van der Waals surface area (Å²) in [6, 6.07) is 3.02. The van der Waals surface area contributed by atoms with Crippen LogP contribution in [0.3, 0.4) is 0 Å². The van der Waals surface area contributed by atoms with Gasteiger partial charge in [0.05, 0.1) is 0 Å². The molecule has 122 valence electrons. The van der Waals surface area contributed by atoms with E-state index in [1.165, 1.54) is 6.07 Å². The first-order valence-electron chi connectivity index (χ1n) is 7.53. The van der Waals surface area contributed by atoms with E-state index in [0.717, 1.165) is 25.0 Å². The van der Waals surface area contributed by atoms with Crippen molar-refractivity contribution in [1.82, 2.24) is 9.88 Å². The van der Waals surface area contributed by atoms with Gasteiger partial charge in [-0.1, -0.05) is 11.6 Å². The summed E-state index contributed by atoms with van der Waals surface area (Å²) in [7, 11) is 0. The molecule has 0 unspecified atom stereocenters.